The van der Waals surface area contributed by atoms with Crippen molar-refractivity contribution in [2.24, 2.45) is 0 Å². The van der Waals surface area contributed by atoms with Gasteiger partial charge in [0, 0.05) is 37.1 Å². The topological polar surface area (TPSA) is 56.4 Å². The van der Waals surface area contributed by atoms with Gasteiger partial charge in [0.05, 0.1) is 5.56 Å². The van der Waals surface area contributed by atoms with Crippen LogP contribution in [0.15, 0.2) is 42.5 Å². The van der Waals surface area contributed by atoms with Gasteiger partial charge in [-0.1, -0.05) is 18.2 Å². The number of aromatic amines is 1. The van der Waals surface area contributed by atoms with E-state index in [2.05, 4.69) is 4.98 Å². The lowest BCUT2D eigenvalue weighted by atomic mass is 10.1. The van der Waals surface area contributed by atoms with E-state index in [1.807, 2.05) is 24.3 Å². The molecule has 2 aromatic carbocycles. The fourth-order valence-corrected chi connectivity index (χ4v) is 3.33. The summed E-state index contributed by atoms with van der Waals surface area (Å²) in [6.07, 6.45) is 0. The molecule has 0 saturated carbocycles. The highest BCUT2D eigenvalue weighted by Gasteiger charge is 2.28. The van der Waals surface area contributed by atoms with Crippen LogP contribution in [0.2, 0.25) is 0 Å². The van der Waals surface area contributed by atoms with Crippen LogP contribution in [0.1, 0.15) is 20.8 Å². The number of halogens is 3. The maximum atomic E-state index is 13.9. The number of hydrogen-bond donors (Lipinski definition) is 1. The third-order valence-electron chi connectivity index (χ3n) is 4.88. The van der Waals surface area contributed by atoms with Gasteiger partial charge in [-0.25, -0.2) is 13.2 Å². The summed E-state index contributed by atoms with van der Waals surface area (Å²) in [5.41, 5.74) is 0.787. The molecule has 0 spiro atoms. The summed E-state index contributed by atoms with van der Waals surface area (Å²) in [5.74, 6) is -5.43. The van der Waals surface area contributed by atoms with E-state index in [4.69, 9.17) is 0 Å². The Morgan fingerprint density at radius 1 is 0.821 bits per heavy atom. The van der Waals surface area contributed by atoms with Crippen LogP contribution in [0.25, 0.3) is 10.9 Å². The third-order valence-corrected chi connectivity index (χ3v) is 4.88. The minimum atomic E-state index is -1.67. The number of aromatic nitrogens is 1. The molecule has 2 heterocycles. The number of benzene rings is 2. The summed E-state index contributed by atoms with van der Waals surface area (Å²) in [4.78, 5) is 31.1. The molecule has 0 unspecified atom stereocenters. The first-order valence-electron chi connectivity index (χ1n) is 8.75. The van der Waals surface area contributed by atoms with Gasteiger partial charge < -0.3 is 14.8 Å². The van der Waals surface area contributed by atoms with Gasteiger partial charge in [0.25, 0.3) is 11.8 Å². The second-order valence-electron chi connectivity index (χ2n) is 6.58. The van der Waals surface area contributed by atoms with E-state index in [9.17, 15) is 22.8 Å². The molecule has 0 radical (unpaired) electrons. The van der Waals surface area contributed by atoms with E-state index < -0.39 is 28.9 Å². The Balaban J connectivity index is 1.45. The second-order valence-corrected chi connectivity index (χ2v) is 6.58. The first-order chi connectivity index (χ1) is 13.5. The van der Waals surface area contributed by atoms with Crippen molar-refractivity contribution < 1.29 is 22.8 Å². The second kappa shape index (κ2) is 7.03. The van der Waals surface area contributed by atoms with Gasteiger partial charge >= 0.3 is 0 Å². The van der Waals surface area contributed by atoms with Crippen LogP contribution >= 0.6 is 0 Å². The Morgan fingerprint density at radius 2 is 1.46 bits per heavy atom. The minimum absolute atomic E-state index is 0.170. The van der Waals surface area contributed by atoms with Crippen molar-refractivity contribution >= 4 is 22.7 Å². The number of H-pyrrole nitrogens is 1. The van der Waals surface area contributed by atoms with Crippen molar-refractivity contribution in [3.8, 4) is 0 Å². The van der Waals surface area contributed by atoms with Crippen LogP contribution in [0.3, 0.4) is 0 Å². The molecule has 1 aliphatic heterocycles. The van der Waals surface area contributed by atoms with E-state index in [1.54, 1.807) is 11.0 Å². The number of carbonyl (C=O) groups excluding carboxylic acids is 2. The maximum absolute atomic E-state index is 13.9. The fraction of sp³-hybridized carbons (Fsp3) is 0.200. The molecule has 4 rings (SSSR count). The zero-order valence-corrected chi connectivity index (χ0v) is 14.7. The number of nitrogens with one attached hydrogen (secondary N) is 1. The minimum Gasteiger partial charge on any atom is -0.351 e. The highest BCUT2D eigenvalue weighted by Crippen LogP contribution is 2.19. The average molecular weight is 387 g/mol. The Labute approximate surface area is 158 Å². The van der Waals surface area contributed by atoms with Gasteiger partial charge in [-0.05, 0) is 24.3 Å². The number of amides is 2. The molecule has 2 amide bonds. The van der Waals surface area contributed by atoms with Gasteiger partial charge in [-0.15, -0.1) is 0 Å². The molecule has 8 heteroatoms. The van der Waals surface area contributed by atoms with Gasteiger partial charge in [0.2, 0.25) is 0 Å². The Morgan fingerprint density at radius 3 is 2.14 bits per heavy atom. The molecule has 1 aliphatic rings. The molecule has 1 fully saturated rings. The van der Waals surface area contributed by atoms with E-state index in [0.29, 0.717) is 5.69 Å². The summed E-state index contributed by atoms with van der Waals surface area (Å²) in [7, 11) is 0. The lowest BCUT2D eigenvalue weighted by molar-refractivity contribution is 0.0529. The van der Waals surface area contributed by atoms with Crippen LogP contribution in [0.5, 0.6) is 0 Å². The molecule has 5 nitrogen and oxygen atoms in total. The quantitative estimate of drug-likeness (QED) is 0.687. The molecular formula is C20H16F3N3O2. The van der Waals surface area contributed by atoms with Crippen molar-refractivity contribution in [2.75, 3.05) is 26.2 Å². The summed E-state index contributed by atoms with van der Waals surface area (Å²) >= 11 is 0. The van der Waals surface area contributed by atoms with Gasteiger partial charge in [0.15, 0.2) is 17.5 Å². The van der Waals surface area contributed by atoms with Crippen LogP contribution in [-0.2, 0) is 0 Å². The molecular weight excluding hydrogens is 371 g/mol. The largest absolute Gasteiger partial charge is 0.351 e. The number of carbonyl (C=O) groups is 2. The highest BCUT2D eigenvalue weighted by atomic mass is 19.2. The molecule has 0 atom stereocenters. The van der Waals surface area contributed by atoms with Gasteiger partial charge in [0.1, 0.15) is 5.69 Å². The van der Waals surface area contributed by atoms with E-state index >= 15 is 0 Å². The predicted octanol–water partition coefficient (Wildman–Crippen LogP) is 3.18. The molecule has 1 aromatic heterocycles. The summed E-state index contributed by atoms with van der Waals surface area (Å²) in [6, 6.07) is 10.9. The monoisotopic (exact) mass is 387 g/mol. The zero-order chi connectivity index (χ0) is 19.8. The molecule has 0 aliphatic carbocycles. The molecule has 0 bridgehead atoms. The fourth-order valence-electron chi connectivity index (χ4n) is 3.33. The third kappa shape index (κ3) is 3.11. The molecule has 144 valence electrons. The van der Waals surface area contributed by atoms with Crippen molar-refractivity contribution in [2.45, 2.75) is 0 Å². The van der Waals surface area contributed by atoms with Crippen LogP contribution < -0.4 is 0 Å². The Bertz CT molecular complexity index is 1040. The number of para-hydroxylation sites is 1. The van der Waals surface area contributed by atoms with Crippen molar-refractivity contribution in [3.05, 3.63) is 71.2 Å². The Kier molecular flexibility index (Phi) is 4.54. The zero-order valence-electron chi connectivity index (χ0n) is 14.7. The number of hydrogen-bond acceptors (Lipinski definition) is 2. The molecule has 1 saturated heterocycles. The van der Waals surface area contributed by atoms with E-state index in [0.717, 1.165) is 23.0 Å². The molecule has 28 heavy (non-hydrogen) atoms. The van der Waals surface area contributed by atoms with Crippen molar-refractivity contribution in [3.63, 3.8) is 0 Å². The van der Waals surface area contributed by atoms with Crippen LogP contribution in [-0.4, -0.2) is 52.8 Å². The lowest BCUT2D eigenvalue weighted by Crippen LogP contribution is -2.50. The van der Waals surface area contributed by atoms with Crippen LogP contribution in [0.4, 0.5) is 13.2 Å². The normalized spacial score (nSPS) is 14.5. The smallest absolute Gasteiger partial charge is 0.270 e. The number of rotatable bonds is 2. The summed E-state index contributed by atoms with van der Waals surface area (Å²) < 4.78 is 40.3. The van der Waals surface area contributed by atoms with Crippen molar-refractivity contribution in [1.29, 1.82) is 0 Å². The van der Waals surface area contributed by atoms with E-state index in [-0.39, 0.29) is 32.1 Å². The number of nitrogens with zero attached hydrogens (tertiary/aromatic N) is 2. The maximum Gasteiger partial charge on any atom is 0.270 e. The predicted molar refractivity (Wildman–Crippen MR) is 96.4 cm³/mol. The molecule has 3 aromatic rings. The first-order valence-corrected chi connectivity index (χ1v) is 8.75. The van der Waals surface area contributed by atoms with Crippen molar-refractivity contribution in [1.82, 2.24) is 14.8 Å². The van der Waals surface area contributed by atoms with E-state index in [1.165, 1.54) is 4.90 Å². The highest BCUT2D eigenvalue weighted by molar-refractivity contribution is 5.98. The van der Waals surface area contributed by atoms with Gasteiger partial charge in [-0.3, -0.25) is 9.59 Å². The first kappa shape index (κ1) is 18.1. The van der Waals surface area contributed by atoms with Crippen LogP contribution in [0, 0.1) is 17.5 Å². The van der Waals surface area contributed by atoms with Gasteiger partial charge in [-0.2, -0.15) is 0 Å². The number of fused-ring (bicyclic) bond motifs is 1. The average Bonchev–Trinajstić information content (AvgIpc) is 3.15. The summed E-state index contributed by atoms with van der Waals surface area (Å²) in [5, 5.41) is 0.925. The number of piperazine rings is 1. The standard InChI is InChI=1S/C20H16F3N3O2/c21-14-6-5-13(17(22)18(14)23)19(27)25-7-9-26(10-8-25)20(28)16-11-12-3-1-2-4-15(12)24-16/h1-6,11,24H,7-10H2. The lowest BCUT2D eigenvalue weighted by Gasteiger charge is -2.34. The summed E-state index contributed by atoms with van der Waals surface area (Å²) in [6.45, 7) is 0.850. The molecule has 1 N–H and O–H groups in total. The Hall–Kier alpha value is -3.29. The SMILES string of the molecule is O=C(c1cc2ccccc2[nH]1)N1CCN(C(=O)c2ccc(F)c(F)c2F)CC1.